The van der Waals surface area contributed by atoms with E-state index in [1.165, 1.54) is 22.9 Å². The van der Waals surface area contributed by atoms with Crippen LogP contribution >= 0.6 is 0 Å². The summed E-state index contributed by atoms with van der Waals surface area (Å²) in [7, 11) is -1.89. The van der Waals surface area contributed by atoms with Gasteiger partial charge < -0.3 is 5.32 Å². The zero-order valence-electron chi connectivity index (χ0n) is 16.4. The molecule has 1 aliphatic rings. The van der Waals surface area contributed by atoms with E-state index in [-0.39, 0.29) is 22.9 Å². The molecule has 1 saturated carbocycles. The maximum atomic E-state index is 12.9. The van der Waals surface area contributed by atoms with Crippen molar-refractivity contribution in [2.45, 2.75) is 62.6 Å². The summed E-state index contributed by atoms with van der Waals surface area (Å²) in [6, 6.07) is 7.95. The van der Waals surface area contributed by atoms with E-state index >= 15 is 0 Å². The first kappa shape index (κ1) is 20.5. The number of nitrogens with one attached hydrogen (secondary N) is 1. The summed E-state index contributed by atoms with van der Waals surface area (Å²) in [6.07, 6.45) is 8.66. The fourth-order valence-electron chi connectivity index (χ4n) is 3.63. The van der Waals surface area contributed by atoms with Gasteiger partial charge in [0.2, 0.25) is 10.0 Å². The Morgan fingerprint density at radius 1 is 1.25 bits per heavy atom. The maximum Gasteiger partial charge on any atom is 0.251 e. The molecule has 0 bridgehead atoms. The quantitative estimate of drug-likeness (QED) is 0.769. The molecule has 1 amide bonds. The summed E-state index contributed by atoms with van der Waals surface area (Å²) in [5.74, 6) is -0.232. The van der Waals surface area contributed by atoms with Crippen molar-refractivity contribution < 1.29 is 13.2 Å². The van der Waals surface area contributed by atoms with E-state index in [0.29, 0.717) is 12.1 Å². The number of benzene rings is 1. The molecule has 2 aromatic rings. The van der Waals surface area contributed by atoms with Crippen molar-refractivity contribution in [1.29, 1.82) is 0 Å². The highest BCUT2D eigenvalue weighted by Gasteiger charge is 2.29. The summed E-state index contributed by atoms with van der Waals surface area (Å²) in [6.45, 7) is 2.47. The molecule has 8 heteroatoms. The lowest BCUT2D eigenvalue weighted by molar-refractivity contribution is 0.0936. The highest BCUT2D eigenvalue weighted by Crippen LogP contribution is 2.26. The van der Waals surface area contributed by atoms with Gasteiger partial charge in [-0.25, -0.2) is 8.42 Å². The Morgan fingerprint density at radius 2 is 1.93 bits per heavy atom. The SMILES string of the molecule is CC(Cn1cccn1)NC(=O)c1ccc(S(=O)(=O)N(C)C2CCCCC2)cc1. The number of nitrogens with zero attached hydrogens (tertiary/aromatic N) is 3. The molecular weight excluding hydrogens is 376 g/mol. The number of carbonyl (C=O) groups is 1. The van der Waals surface area contributed by atoms with E-state index < -0.39 is 10.0 Å². The van der Waals surface area contributed by atoms with Crippen LogP contribution in [0, 0.1) is 0 Å². The van der Waals surface area contributed by atoms with Gasteiger partial charge in [-0.05, 0) is 50.1 Å². The van der Waals surface area contributed by atoms with Crippen LogP contribution in [-0.4, -0.2) is 47.5 Å². The molecule has 0 spiro atoms. The first-order chi connectivity index (χ1) is 13.4. The third-order valence-electron chi connectivity index (χ3n) is 5.28. The number of hydrogen-bond acceptors (Lipinski definition) is 4. The van der Waals surface area contributed by atoms with Gasteiger partial charge in [-0.15, -0.1) is 0 Å². The van der Waals surface area contributed by atoms with Gasteiger partial charge in [0, 0.05) is 37.1 Å². The maximum absolute atomic E-state index is 12.9. The largest absolute Gasteiger partial charge is 0.348 e. The van der Waals surface area contributed by atoms with E-state index in [0.717, 1.165) is 25.7 Å². The van der Waals surface area contributed by atoms with Crippen LogP contribution in [-0.2, 0) is 16.6 Å². The van der Waals surface area contributed by atoms with Crippen LogP contribution in [0.2, 0.25) is 0 Å². The minimum Gasteiger partial charge on any atom is -0.348 e. The lowest BCUT2D eigenvalue weighted by atomic mass is 9.96. The molecule has 1 fully saturated rings. The van der Waals surface area contributed by atoms with Crippen LogP contribution < -0.4 is 5.32 Å². The summed E-state index contributed by atoms with van der Waals surface area (Å²) in [5.41, 5.74) is 0.437. The van der Waals surface area contributed by atoms with Crippen LogP contribution in [0.15, 0.2) is 47.6 Å². The monoisotopic (exact) mass is 404 g/mol. The van der Waals surface area contributed by atoms with Gasteiger partial charge >= 0.3 is 0 Å². The third kappa shape index (κ3) is 4.80. The van der Waals surface area contributed by atoms with Gasteiger partial charge in [-0.3, -0.25) is 9.48 Å². The van der Waals surface area contributed by atoms with Crippen LogP contribution in [0.5, 0.6) is 0 Å². The topological polar surface area (TPSA) is 84.3 Å². The lowest BCUT2D eigenvalue weighted by Crippen LogP contribution is -2.38. The molecule has 1 aromatic heterocycles. The Kier molecular flexibility index (Phi) is 6.51. The van der Waals surface area contributed by atoms with Crippen LogP contribution in [0.3, 0.4) is 0 Å². The Hall–Kier alpha value is -2.19. The zero-order chi connectivity index (χ0) is 20.1. The summed E-state index contributed by atoms with van der Waals surface area (Å²) < 4.78 is 29.0. The number of aromatic nitrogens is 2. The Balaban J connectivity index is 1.64. The van der Waals surface area contributed by atoms with Crippen molar-refractivity contribution in [1.82, 2.24) is 19.4 Å². The minimum absolute atomic E-state index is 0.0601. The average molecular weight is 405 g/mol. The number of sulfonamides is 1. The van der Waals surface area contributed by atoms with Gasteiger partial charge in [-0.2, -0.15) is 9.40 Å². The first-order valence-corrected chi connectivity index (χ1v) is 11.2. The van der Waals surface area contributed by atoms with E-state index in [2.05, 4.69) is 10.4 Å². The van der Waals surface area contributed by atoms with E-state index in [9.17, 15) is 13.2 Å². The predicted molar refractivity (Wildman–Crippen MR) is 107 cm³/mol. The Morgan fingerprint density at radius 3 is 2.54 bits per heavy atom. The predicted octanol–water partition coefficient (Wildman–Crippen LogP) is 2.65. The molecule has 0 radical (unpaired) electrons. The first-order valence-electron chi connectivity index (χ1n) is 9.74. The Bertz CT molecular complexity index is 873. The second kappa shape index (κ2) is 8.87. The molecule has 1 unspecified atom stereocenters. The fourth-order valence-corrected chi connectivity index (χ4v) is 5.04. The highest BCUT2D eigenvalue weighted by atomic mass is 32.2. The van der Waals surface area contributed by atoms with Crippen LogP contribution in [0.25, 0.3) is 0 Å². The minimum atomic E-state index is -3.55. The van der Waals surface area contributed by atoms with Crippen molar-refractivity contribution in [2.24, 2.45) is 0 Å². The molecule has 1 atom stereocenters. The fraction of sp³-hybridized carbons (Fsp3) is 0.500. The second-order valence-electron chi connectivity index (χ2n) is 7.44. The van der Waals surface area contributed by atoms with Gasteiger partial charge in [0.25, 0.3) is 5.91 Å². The van der Waals surface area contributed by atoms with E-state index in [1.54, 1.807) is 30.1 Å². The van der Waals surface area contributed by atoms with Crippen LogP contribution in [0.1, 0.15) is 49.4 Å². The van der Waals surface area contributed by atoms with Crippen molar-refractivity contribution in [3.05, 3.63) is 48.3 Å². The van der Waals surface area contributed by atoms with Gasteiger partial charge in [-0.1, -0.05) is 19.3 Å². The molecule has 0 saturated heterocycles. The molecule has 1 heterocycles. The van der Waals surface area contributed by atoms with Crippen molar-refractivity contribution in [3.63, 3.8) is 0 Å². The number of amides is 1. The van der Waals surface area contributed by atoms with Gasteiger partial charge in [0.1, 0.15) is 0 Å². The molecule has 0 aliphatic heterocycles. The number of rotatable bonds is 7. The second-order valence-corrected chi connectivity index (χ2v) is 9.44. The highest BCUT2D eigenvalue weighted by molar-refractivity contribution is 7.89. The smallest absolute Gasteiger partial charge is 0.251 e. The van der Waals surface area contributed by atoms with Crippen molar-refractivity contribution in [2.75, 3.05) is 7.05 Å². The van der Waals surface area contributed by atoms with E-state index in [4.69, 9.17) is 0 Å². The van der Waals surface area contributed by atoms with E-state index in [1.807, 2.05) is 19.2 Å². The number of hydrogen-bond donors (Lipinski definition) is 1. The summed E-state index contributed by atoms with van der Waals surface area (Å²) in [5, 5.41) is 7.03. The molecule has 1 N–H and O–H groups in total. The summed E-state index contributed by atoms with van der Waals surface area (Å²) in [4.78, 5) is 12.6. The molecule has 28 heavy (non-hydrogen) atoms. The molecular formula is C20H28N4O3S. The van der Waals surface area contributed by atoms with Gasteiger partial charge in [0.15, 0.2) is 0 Å². The zero-order valence-corrected chi connectivity index (χ0v) is 17.2. The summed E-state index contributed by atoms with van der Waals surface area (Å²) >= 11 is 0. The lowest BCUT2D eigenvalue weighted by Gasteiger charge is -2.30. The van der Waals surface area contributed by atoms with Gasteiger partial charge in [0.05, 0.1) is 11.4 Å². The molecule has 152 valence electrons. The van der Waals surface area contributed by atoms with Crippen LogP contribution in [0.4, 0.5) is 0 Å². The molecule has 1 aromatic carbocycles. The normalized spacial score (nSPS) is 16.8. The molecule has 3 rings (SSSR count). The number of carbonyl (C=O) groups excluding carboxylic acids is 1. The van der Waals surface area contributed by atoms with Crippen molar-refractivity contribution in [3.8, 4) is 0 Å². The standard InChI is InChI=1S/C20H28N4O3S/c1-16(15-24-14-6-13-21-24)22-20(25)17-9-11-19(12-10-17)28(26,27)23(2)18-7-4-3-5-8-18/h6,9-14,16,18H,3-5,7-8,15H2,1-2H3,(H,22,25). The van der Waals surface area contributed by atoms with Crippen molar-refractivity contribution >= 4 is 15.9 Å². The average Bonchev–Trinajstić information content (AvgIpc) is 3.21. The molecule has 7 nitrogen and oxygen atoms in total. The third-order valence-corrected chi connectivity index (χ3v) is 7.20. The molecule has 1 aliphatic carbocycles. The Labute approximate surface area is 166 Å².